The van der Waals surface area contributed by atoms with Crippen LogP contribution in [0.4, 0.5) is 0 Å². The lowest BCUT2D eigenvalue weighted by Crippen LogP contribution is -2.32. The molecule has 21 heavy (non-hydrogen) atoms. The molecule has 0 bridgehead atoms. The smallest absolute Gasteiger partial charge is 0.186 e. The zero-order valence-electron chi connectivity index (χ0n) is 13.5. The van der Waals surface area contributed by atoms with Gasteiger partial charge in [-0.25, -0.2) is 0 Å². The first-order chi connectivity index (χ1) is 10.0. The van der Waals surface area contributed by atoms with Crippen LogP contribution in [-0.2, 0) is 23.7 Å². The van der Waals surface area contributed by atoms with Crippen LogP contribution in [0.3, 0.4) is 0 Å². The van der Waals surface area contributed by atoms with Crippen molar-refractivity contribution < 1.29 is 23.7 Å². The van der Waals surface area contributed by atoms with E-state index in [0.29, 0.717) is 12.5 Å². The third-order valence-electron chi connectivity index (χ3n) is 4.09. The standard InChI is InChI=1S/C16H28O5/c1-6-7-8-11(10-17-4)9-12-13-14(15(18-5)19-12)21-16(2,3)20-13/h6,11-15H,1,7-10H2,2-5H3/t11-,12-,13?,14+,15-/m1/s1. The Morgan fingerprint density at radius 1 is 1.24 bits per heavy atom. The zero-order valence-corrected chi connectivity index (χ0v) is 13.5. The van der Waals surface area contributed by atoms with Gasteiger partial charge in [-0.2, -0.15) is 0 Å². The molecule has 0 aromatic carbocycles. The fourth-order valence-electron chi connectivity index (χ4n) is 3.21. The summed E-state index contributed by atoms with van der Waals surface area (Å²) in [4.78, 5) is 0. The molecule has 0 radical (unpaired) electrons. The highest BCUT2D eigenvalue weighted by Crippen LogP contribution is 2.41. The lowest BCUT2D eigenvalue weighted by atomic mass is 9.94. The number of allylic oxidation sites excluding steroid dienone is 1. The summed E-state index contributed by atoms with van der Waals surface area (Å²) in [5.74, 6) is -0.159. The summed E-state index contributed by atoms with van der Waals surface area (Å²) in [6, 6.07) is 0. The van der Waals surface area contributed by atoms with Crippen molar-refractivity contribution in [3.05, 3.63) is 12.7 Å². The molecule has 2 fully saturated rings. The van der Waals surface area contributed by atoms with E-state index in [1.54, 1.807) is 14.2 Å². The minimum Gasteiger partial charge on any atom is -0.384 e. The number of rotatable bonds is 8. The molecule has 5 heteroatoms. The van der Waals surface area contributed by atoms with E-state index in [1.165, 1.54) is 0 Å². The average Bonchev–Trinajstić information content (AvgIpc) is 2.90. The molecule has 5 atom stereocenters. The largest absolute Gasteiger partial charge is 0.384 e. The number of fused-ring (bicyclic) bond motifs is 1. The highest BCUT2D eigenvalue weighted by molar-refractivity contribution is 4.95. The van der Waals surface area contributed by atoms with Crippen molar-refractivity contribution in [2.24, 2.45) is 5.92 Å². The Balaban J connectivity index is 1.99. The lowest BCUT2D eigenvalue weighted by Gasteiger charge is -2.25. The monoisotopic (exact) mass is 300 g/mol. The Hall–Kier alpha value is -0.460. The van der Waals surface area contributed by atoms with Gasteiger partial charge in [-0.3, -0.25) is 0 Å². The summed E-state index contributed by atoms with van der Waals surface area (Å²) in [6.07, 6.45) is 4.23. The molecule has 0 N–H and O–H groups in total. The van der Waals surface area contributed by atoms with Gasteiger partial charge in [0.1, 0.15) is 12.2 Å². The van der Waals surface area contributed by atoms with E-state index < -0.39 is 5.79 Å². The molecule has 122 valence electrons. The van der Waals surface area contributed by atoms with E-state index in [9.17, 15) is 0 Å². The van der Waals surface area contributed by atoms with Gasteiger partial charge in [0.25, 0.3) is 0 Å². The van der Waals surface area contributed by atoms with Crippen LogP contribution in [0.15, 0.2) is 12.7 Å². The summed E-state index contributed by atoms with van der Waals surface area (Å²) < 4.78 is 28.6. The molecule has 2 rings (SSSR count). The Kier molecular flexibility index (Phi) is 5.80. The highest BCUT2D eigenvalue weighted by atomic mass is 16.8. The van der Waals surface area contributed by atoms with Crippen molar-refractivity contribution in [1.29, 1.82) is 0 Å². The predicted octanol–water partition coefficient (Wildman–Crippen LogP) is 2.50. The van der Waals surface area contributed by atoms with Crippen molar-refractivity contribution in [3.8, 4) is 0 Å². The van der Waals surface area contributed by atoms with E-state index in [1.807, 2.05) is 19.9 Å². The van der Waals surface area contributed by atoms with Crippen LogP contribution < -0.4 is 0 Å². The molecule has 0 spiro atoms. The molecule has 2 heterocycles. The van der Waals surface area contributed by atoms with Gasteiger partial charge in [0.05, 0.1) is 6.10 Å². The van der Waals surface area contributed by atoms with Crippen LogP contribution >= 0.6 is 0 Å². The van der Waals surface area contributed by atoms with Crippen molar-refractivity contribution in [2.75, 3.05) is 20.8 Å². The van der Waals surface area contributed by atoms with Crippen LogP contribution in [0.25, 0.3) is 0 Å². The molecule has 1 unspecified atom stereocenters. The predicted molar refractivity (Wildman–Crippen MR) is 78.9 cm³/mol. The van der Waals surface area contributed by atoms with Crippen molar-refractivity contribution in [1.82, 2.24) is 0 Å². The fraction of sp³-hybridized carbons (Fsp3) is 0.875. The van der Waals surface area contributed by atoms with Gasteiger partial charge >= 0.3 is 0 Å². The maximum absolute atomic E-state index is 6.01. The van der Waals surface area contributed by atoms with Gasteiger partial charge < -0.3 is 23.7 Å². The maximum Gasteiger partial charge on any atom is 0.186 e. The summed E-state index contributed by atoms with van der Waals surface area (Å²) in [5, 5.41) is 0. The molecule has 2 saturated heterocycles. The molecule has 0 aromatic rings. The van der Waals surface area contributed by atoms with Crippen molar-refractivity contribution in [3.63, 3.8) is 0 Å². The average molecular weight is 300 g/mol. The molecule has 0 amide bonds. The van der Waals surface area contributed by atoms with Crippen LogP contribution in [0, 0.1) is 5.92 Å². The van der Waals surface area contributed by atoms with Gasteiger partial charge in [0, 0.05) is 20.8 Å². The molecule has 0 saturated carbocycles. The van der Waals surface area contributed by atoms with E-state index in [2.05, 4.69) is 6.58 Å². The minimum atomic E-state index is -0.577. The minimum absolute atomic E-state index is 0.0216. The van der Waals surface area contributed by atoms with Crippen LogP contribution in [0.2, 0.25) is 0 Å². The number of hydrogen-bond acceptors (Lipinski definition) is 5. The summed E-state index contributed by atoms with van der Waals surface area (Å²) in [5.41, 5.74) is 0. The van der Waals surface area contributed by atoms with E-state index in [-0.39, 0.29) is 24.6 Å². The van der Waals surface area contributed by atoms with E-state index in [4.69, 9.17) is 23.7 Å². The van der Waals surface area contributed by atoms with Crippen LogP contribution in [-0.4, -0.2) is 51.2 Å². The van der Waals surface area contributed by atoms with Crippen LogP contribution in [0.1, 0.15) is 33.1 Å². The molecular weight excluding hydrogens is 272 g/mol. The maximum atomic E-state index is 6.01. The molecule has 0 aromatic heterocycles. The second-order valence-corrected chi connectivity index (χ2v) is 6.27. The van der Waals surface area contributed by atoms with Gasteiger partial charge in [-0.05, 0) is 39.0 Å². The second kappa shape index (κ2) is 7.20. The van der Waals surface area contributed by atoms with Gasteiger partial charge in [-0.15, -0.1) is 6.58 Å². The van der Waals surface area contributed by atoms with Gasteiger partial charge in [0.2, 0.25) is 0 Å². The summed E-state index contributed by atoms with van der Waals surface area (Å²) >= 11 is 0. The number of ether oxygens (including phenoxy) is 5. The quantitative estimate of drug-likeness (QED) is 0.645. The highest BCUT2D eigenvalue weighted by Gasteiger charge is 2.55. The summed E-state index contributed by atoms with van der Waals surface area (Å²) in [6.45, 7) is 8.36. The van der Waals surface area contributed by atoms with Crippen LogP contribution in [0.5, 0.6) is 0 Å². The molecule has 5 nitrogen and oxygen atoms in total. The molecule has 0 aliphatic carbocycles. The second-order valence-electron chi connectivity index (χ2n) is 6.27. The van der Waals surface area contributed by atoms with E-state index in [0.717, 1.165) is 19.3 Å². The van der Waals surface area contributed by atoms with Crippen molar-refractivity contribution >= 4 is 0 Å². The zero-order chi connectivity index (χ0) is 15.5. The first-order valence-electron chi connectivity index (χ1n) is 7.64. The summed E-state index contributed by atoms with van der Waals surface area (Å²) in [7, 11) is 3.37. The SMILES string of the molecule is C=CCC[C@@H](COC)C[C@H]1O[C@@H](OC)[C@H]2OC(C)(C)OC12. The topological polar surface area (TPSA) is 46.2 Å². The molecular formula is C16H28O5. The third-order valence-corrected chi connectivity index (χ3v) is 4.09. The van der Waals surface area contributed by atoms with Gasteiger partial charge in [0.15, 0.2) is 12.1 Å². The lowest BCUT2D eigenvalue weighted by molar-refractivity contribution is -0.228. The Morgan fingerprint density at radius 2 is 1.95 bits per heavy atom. The molecule has 2 aliphatic rings. The Bertz CT molecular complexity index is 344. The van der Waals surface area contributed by atoms with E-state index >= 15 is 0 Å². The normalized spacial score (nSPS) is 35.6. The number of methoxy groups -OCH3 is 2. The first-order valence-corrected chi connectivity index (χ1v) is 7.64. The fourth-order valence-corrected chi connectivity index (χ4v) is 3.21. The molecule has 2 aliphatic heterocycles. The number of hydrogen-bond donors (Lipinski definition) is 0. The first kappa shape index (κ1) is 16.9. The third kappa shape index (κ3) is 4.05. The Morgan fingerprint density at radius 3 is 2.57 bits per heavy atom. The van der Waals surface area contributed by atoms with Gasteiger partial charge in [-0.1, -0.05) is 6.08 Å². The van der Waals surface area contributed by atoms with Crippen molar-refractivity contribution in [2.45, 2.75) is 63.5 Å². The Labute approximate surface area is 127 Å².